The van der Waals surface area contributed by atoms with E-state index in [0.717, 1.165) is 6.07 Å². The van der Waals surface area contributed by atoms with Crippen LogP contribution in [0.4, 0.5) is 13.2 Å². The Hall–Kier alpha value is -1.70. The van der Waals surface area contributed by atoms with E-state index in [9.17, 15) is 13.2 Å². The van der Waals surface area contributed by atoms with Crippen LogP contribution in [0, 0.1) is 11.3 Å². The highest BCUT2D eigenvalue weighted by Crippen LogP contribution is 2.35. The Morgan fingerprint density at radius 2 is 1.94 bits per heavy atom. The van der Waals surface area contributed by atoms with Crippen LogP contribution in [0.5, 0.6) is 5.75 Å². The lowest BCUT2D eigenvalue weighted by Crippen LogP contribution is -2.09. The van der Waals surface area contributed by atoms with Gasteiger partial charge in [0.25, 0.3) is 0 Å². The minimum Gasteiger partial charge on any atom is -0.493 e. The fourth-order valence-electron chi connectivity index (χ4n) is 1.16. The van der Waals surface area contributed by atoms with E-state index in [2.05, 4.69) is 0 Å². The summed E-state index contributed by atoms with van der Waals surface area (Å²) in [4.78, 5) is 0. The van der Waals surface area contributed by atoms with Gasteiger partial charge in [0, 0.05) is 6.42 Å². The SMILES string of the molecule is N#CCCCOc1ccccc1C(F)(F)F. The Balaban J connectivity index is 2.69. The van der Waals surface area contributed by atoms with Crippen LogP contribution in [0.25, 0.3) is 0 Å². The highest BCUT2D eigenvalue weighted by molar-refractivity contribution is 5.35. The van der Waals surface area contributed by atoms with Crippen molar-refractivity contribution in [2.24, 2.45) is 0 Å². The second-order valence-corrected chi connectivity index (χ2v) is 3.10. The molecule has 5 heteroatoms. The largest absolute Gasteiger partial charge is 0.493 e. The molecule has 1 rings (SSSR count). The van der Waals surface area contributed by atoms with Crippen molar-refractivity contribution in [3.05, 3.63) is 29.8 Å². The first kappa shape index (κ1) is 12.4. The summed E-state index contributed by atoms with van der Waals surface area (Å²) in [6.45, 7) is 0.112. The van der Waals surface area contributed by atoms with Gasteiger partial charge in [0.2, 0.25) is 0 Å². The number of unbranched alkanes of at least 4 members (excludes halogenated alkanes) is 1. The minimum atomic E-state index is -4.41. The zero-order valence-corrected chi connectivity index (χ0v) is 8.42. The molecule has 0 aliphatic heterocycles. The average Bonchev–Trinajstić information content (AvgIpc) is 2.24. The number of ether oxygens (including phenoxy) is 1. The van der Waals surface area contributed by atoms with E-state index in [1.165, 1.54) is 18.2 Å². The zero-order valence-electron chi connectivity index (χ0n) is 8.42. The van der Waals surface area contributed by atoms with Gasteiger partial charge in [-0.3, -0.25) is 0 Å². The quantitative estimate of drug-likeness (QED) is 0.741. The minimum absolute atomic E-state index is 0.112. The maximum absolute atomic E-state index is 12.5. The third-order valence-electron chi connectivity index (χ3n) is 1.88. The molecule has 0 aromatic heterocycles. The van der Waals surface area contributed by atoms with Crippen LogP contribution in [0.1, 0.15) is 18.4 Å². The third kappa shape index (κ3) is 3.46. The molecular formula is C11H10F3NO. The lowest BCUT2D eigenvalue weighted by molar-refractivity contribution is -0.138. The Kier molecular flexibility index (Phi) is 4.18. The lowest BCUT2D eigenvalue weighted by atomic mass is 10.2. The second kappa shape index (κ2) is 5.40. The topological polar surface area (TPSA) is 33.0 Å². The predicted octanol–water partition coefficient (Wildman–Crippen LogP) is 3.39. The molecule has 2 nitrogen and oxygen atoms in total. The fourth-order valence-corrected chi connectivity index (χ4v) is 1.16. The predicted molar refractivity (Wildman–Crippen MR) is 51.8 cm³/mol. The number of halogens is 3. The van der Waals surface area contributed by atoms with Crippen LogP contribution >= 0.6 is 0 Å². The number of para-hydroxylation sites is 1. The van der Waals surface area contributed by atoms with E-state index in [0.29, 0.717) is 6.42 Å². The summed E-state index contributed by atoms with van der Waals surface area (Å²) in [5, 5.41) is 8.26. The molecule has 0 fully saturated rings. The van der Waals surface area contributed by atoms with Gasteiger partial charge in [0.05, 0.1) is 18.2 Å². The third-order valence-corrected chi connectivity index (χ3v) is 1.88. The van der Waals surface area contributed by atoms with Gasteiger partial charge in [0.1, 0.15) is 5.75 Å². The summed E-state index contributed by atoms with van der Waals surface area (Å²) >= 11 is 0. The Morgan fingerprint density at radius 1 is 1.25 bits per heavy atom. The number of hydrogen-bond donors (Lipinski definition) is 0. The van der Waals surface area contributed by atoms with Crippen molar-refractivity contribution in [3.63, 3.8) is 0 Å². The van der Waals surface area contributed by atoms with Crippen LogP contribution in [0.3, 0.4) is 0 Å². The van der Waals surface area contributed by atoms with Crippen LogP contribution in [-0.4, -0.2) is 6.61 Å². The molecule has 0 heterocycles. The van der Waals surface area contributed by atoms with Gasteiger partial charge in [-0.15, -0.1) is 0 Å². The molecule has 0 aliphatic rings. The molecule has 0 saturated heterocycles. The van der Waals surface area contributed by atoms with Crippen molar-refractivity contribution in [2.75, 3.05) is 6.61 Å². The van der Waals surface area contributed by atoms with Crippen LogP contribution in [-0.2, 0) is 6.18 Å². The summed E-state index contributed by atoms with van der Waals surface area (Å²) < 4.78 is 42.5. The normalized spacial score (nSPS) is 10.9. The summed E-state index contributed by atoms with van der Waals surface area (Å²) in [5.41, 5.74) is -0.785. The molecule has 1 aromatic rings. The number of alkyl halides is 3. The molecule has 0 atom stereocenters. The van der Waals surface area contributed by atoms with Crippen LogP contribution in [0.2, 0.25) is 0 Å². The van der Waals surface area contributed by atoms with Crippen molar-refractivity contribution in [2.45, 2.75) is 19.0 Å². The van der Waals surface area contributed by atoms with E-state index in [1.807, 2.05) is 6.07 Å². The number of nitrogens with zero attached hydrogens (tertiary/aromatic N) is 1. The standard InChI is InChI=1S/C11H10F3NO/c12-11(13,14)9-5-1-2-6-10(9)16-8-4-3-7-15/h1-2,5-6H,3-4,8H2. The van der Waals surface area contributed by atoms with Gasteiger partial charge in [-0.1, -0.05) is 12.1 Å². The molecule has 0 bridgehead atoms. The molecule has 0 spiro atoms. The molecular weight excluding hydrogens is 219 g/mol. The van der Waals surface area contributed by atoms with E-state index < -0.39 is 11.7 Å². The van der Waals surface area contributed by atoms with E-state index in [4.69, 9.17) is 10.00 Å². The highest BCUT2D eigenvalue weighted by Gasteiger charge is 2.33. The van der Waals surface area contributed by atoms with Crippen LogP contribution in [0.15, 0.2) is 24.3 Å². The zero-order chi connectivity index (χ0) is 12.0. The molecule has 0 aliphatic carbocycles. The van der Waals surface area contributed by atoms with Gasteiger partial charge in [-0.2, -0.15) is 18.4 Å². The van der Waals surface area contributed by atoms with Gasteiger partial charge < -0.3 is 4.74 Å². The summed E-state index contributed by atoms with van der Waals surface area (Å²) in [6.07, 6.45) is -3.72. The summed E-state index contributed by atoms with van der Waals surface area (Å²) in [7, 11) is 0. The Morgan fingerprint density at radius 3 is 2.56 bits per heavy atom. The smallest absolute Gasteiger partial charge is 0.419 e. The number of benzene rings is 1. The van der Waals surface area contributed by atoms with E-state index in [1.54, 1.807) is 0 Å². The fraction of sp³-hybridized carbons (Fsp3) is 0.364. The van der Waals surface area contributed by atoms with E-state index in [-0.39, 0.29) is 18.8 Å². The number of nitriles is 1. The molecule has 0 N–H and O–H groups in total. The maximum atomic E-state index is 12.5. The first-order valence-corrected chi connectivity index (χ1v) is 4.71. The molecule has 0 radical (unpaired) electrons. The summed E-state index contributed by atoms with van der Waals surface area (Å²) in [5.74, 6) is -0.187. The Bertz CT molecular complexity index is 382. The molecule has 0 unspecified atom stereocenters. The second-order valence-electron chi connectivity index (χ2n) is 3.10. The van der Waals surface area contributed by atoms with Gasteiger partial charge in [-0.05, 0) is 18.6 Å². The maximum Gasteiger partial charge on any atom is 0.419 e. The molecule has 1 aromatic carbocycles. The molecule has 16 heavy (non-hydrogen) atoms. The first-order chi connectivity index (χ1) is 7.55. The van der Waals surface area contributed by atoms with Gasteiger partial charge >= 0.3 is 6.18 Å². The highest BCUT2D eigenvalue weighted by atomic mass is 19.4. The molecule has 0 amide bonds. The number of rotatable bonds is 4. The molecule has 86 valence electrons. The monoisotopic (exact) mass is 229 g/mol. The van der Waals surface area contributed by atoms with Crippen molar-refractivity contribution in [3.8, 4) is 11.8 Å². The van der Waals surface area contributed by atoms with Crippen LogP contribution < -0.4 is 4.74 Å². The van der Waals surface area contributed by atoms with Crippen molar-refractivity contribution in [1.29, 1.82) is 5.26 Å². The Labute approximate surface area is 91.3 Å². The van der Waals surface area contributed by atoms with Crippen molar-refractivity contribution >= 4 is 0 Å². The average molecular weight is 229 g/mol. The van der Waals surface area contributed by atoms with E-state index >= 15 is 0 Å². The summed E-state index contributed by atoms with van der Waals surface area (Å²) in [6, 6.07) is 6.93. The van der Waals surface area contributed by atoms with Gasteiger partial charge in [0.15, 0.2) is 0 Å². The first-order valence-electron chi connectivity index (χ1n) is 4.71. The van der Waals surface area contributed by atoms with Gasteiger partial charge in [-0.25, -0.2) is 0 Å². The van der Waals surface area contributed by atoms with Crippen molar-refractivity contribution in [1.82, 2.24) is 0 Å². The lowest BCUT2D eigenvalue weighted by Gasteiger charge is -2.12. The number of hydrogen-bond acceptors (Lipinski definition) is 2. The van der Waals surface area contributed by atoms with Crippen molar-refractivity contribution < 1.29 is 17.9 Å². The molecule has 0 saturated carbocycles.